The quantitative estimate of drug-likeness (QED) is 0.175. The van der Waals surface area contributed by atoms with Crippen LogP contribution in [-0.4, -0.2) is 15.0 Å². The van der Waals surface area contributed by atoms with Crippen LogP contribution in [0.5, 0.6) is 0 Å². The highest BCUT2D eigenvalue weighted by molar-refractivity contribution is 7.19. The lowest BCUT2D eigenvalue weighted by molar-refractivity contribution is 0.664. The highest BCUT2D eigenvalue weighted by Gasteiger charge is 2.41. The van der Waals surface area contributed by atoms with Crippen molar-refractivity contribution in [3.05, 3.63) is 175 Å². The molecule has 58 heavy (non-hydrogen) atoms. The van der Waals surface area contributed by atoms with Gasteiger partial charge in [0.1, 0.15) is 22.3 Å². The van der Waals surface area contributed by atoms with Gasteiger partial charge in [0.25, 0.3) is 0 Å². The Hall–Kier alpha value is -7.15. The van der Waals surface area contributed by atoms with Gasteiger partial charge >= 0.3 is 0 Å². The third-order valence-corrected chi connectivity index (χ3v) is 13.0. The first-order valence-electron chi connectivity index (χ1n) is 19.5. The molecule has 1 aliphatic rings. The highest BCUT2D eigenvalue weighted by Crippen LogP contribution is 2.59. The van der Waals surface area contributed by atoms with E-state index in [1.54, 1.807) is 0 Å². The van der Waals surface area contributed by atoms with Gasteiger partial charge in [0, 0.05) is 59.0 Å². The second-order valence-corrected chi connectivity index (χ2v) is 16.6. The number of benzene rings is 7. The zero-order valence-electron chi connectivity index (χ0n) is 31.7. The van der Waals surface area contributed by atoms with E-state index in [-0.39, 0.29) is 5.41 Å². The zero-order chi connectivity index (χ0) is 38.5. The van der Waals surface area contributed by atoms with Crippen LogP contribution in [0.2, 0.25) is 0 Å². The number of aromatic nitrogens is 3. The molecule has 0 amide bonds. The lowest BCUT2D eigenvalue weighted by Crippen LogP contribution is -2.15. The van der Waals surface area contributed by atoms with Crippen molar-refractivity contribution in [1.29, 1.82) is 0 Å². The number of para-hydroxylation sites is 2. The van der Waals surface area contributed by atoms with Gasteiger partial charge in [0.2, 0.25) is 0 Å². The Kier molecular flexibility index (Phi) is 7.08. The van der Waals surface area contributed by atoms with E-state index in [9.17, 15) is 0 Å². The summed E-state index contributed by atoms with van der Waals surface area (Å²) in [6.45, 7) is 4.71. The summed E-state index contributed by atoms with van der Waals surface area (Å²) in [5.41, 5.74) is 13.5. The second-order valence-electron chi connectivity index (χ2n) is 15.6. The summed E-state index contributed by atoms with van der Waals surface area (Å²) >= 11 is 1.87. The highest BCUT2D eigenvalue weighted by atomic mass is 32.1. The minimum Gasteiger partial charge on any atom is -0.456 e. The van der Waals surface area contributed by atoms with Crippen molar-refractivity contribution in [2.75, 3.05) is 0 Å². The number of hydrogen-bond donors (Lipinski definition) is 0. The number of rotatable bonds is 5. The van der Waals surface area contributed by atoms with Crippen molar-refractivity contribution in [3.63, 3.8) is 0 Å². The SMILES string of the molecule is CC1(C)c2ccccc2-c2c(-c3ccccc3)sc(-c3cccc(-c4nc(-c5ccc6c(c5)oc5ccccc56)nc(-c5ccc6oc7ccccc7c6c5)n4)c3)c21. The average molecular weight is 764 g/mol. The fraction of sp³-hybridized carbons (Fsp3) is 0.0577. The number of nitrogens with zero attached hydrogens (tertiary/aromatic N) is 3. The number of hydrogen-bond acceptors (Lipinski definition) is 6. The Balaban J connectivity index is 1.05. The molecule has 0 saturated heterocycles. The molecule has 0 unspecified atom stereocenters. The molecule has 1 aliphatic carbocycles. The minimum atomic E-state index is -0.181. The zero-order valence-corrected chi connectivity index (χ0v) is 32.5. The average Bonchev–Trinajstić information content (AvgIpc) is 4.02. The smallest absolute Gasteiger partial charge is 0.164 e. The maximum Gasteiger partial charge on any atom is 0.164 e. The Labute approximate surface area is 337 Å². The number of furan rings is 2. The fourth-order valence-electron chi connectivity index (χ4n) is 8.95. The maximum atomic E-state index is 6.32. The first-order chi connectivity index (χ1) is 28.5. The summed E-state index contributed by atoms with van der Waals surface area (Å²) in [4.78, 5) is 18.1. The molecule has 0 N–H and O–H groups in total. The van der Waals surface area contributed by atoms with Crippen LogP contribution in [0.1, 0.15) is 25.0 Å². The molecule has 5 nitrogen and oxygen atoms in total. The van der Waals surface area contributed by atoms with Crippen molar-refractivity contribution in [1.82, 2.24) is 15.0 Å². The molecule has 12 rings (SSSR count). The molecule has 11 aromatic rings. The van der Waals surface area contributed by atoms with E-state index in [2.05, 4.69) is 123 Å². The lowest BCUT2D eigenvalue weighted by Gasteiger charge is -2.22. The Morgan fingerprint density at radius 1 is 0.414 bits per heavy atom. The lowest BCUT2D eigenvalue weighted by atomic mass is 9.81. The molecule has 0 spiro atoms. The first-order valence-corrected chi connectivity index (χ1v) is 20.3. The molecule has 7 aromatic carbocycles. The van der Waals surface area contributed by atoms with Crippen LogP contribution in [-0.2, 0) is 5.41 Å². The molecular formula is C52H33N3O2S. The van der Waals surface area contributed by atoms with Crippen molar-refractivity contribution in [2.24, 2.45) is 0 Å². The predicted molar refractivity (Wildman–Crippen MR) is 237 cm³/mol. The van der Waals surface area contributed by atoms with Crippen molar-refractivity contribution in [3.8, 4) is 66.2 Å². The molecule has 6 heteroatoms. The van der Waals surface area contributed by atoms with Gasteiger partial charge in [-0.25, -0.2) is 15.0 Å². The van der Waals surface area contributed by atoms with E-state index in [1.165, 1.54) is 37.6 Å². The molecule has 4 aromatic heterocycles. The van der Waals surface area contributed by atoms with Gasteiger partial charge in [-0.2, -0.15) is 0 Å². The van der Waals surface area contributed by atoms with Gasteiger partial charge in [-0.1, -0.05) is 129 Å². The molecule has 0 fully saturated rings. The standard InChI is InChI=1S/C52H33N3O2S/c1-52(2)40-20-9-6-19-38(40)45-46(52)48(58-47(45)30-13-4-3-5-14-30)31-15-12-16-32(27-31)49-53-50(33-24-26-43-39(28-33)36-18-8-11-22-42(36)56-43)55-51(54-49)34-23-25-37-35-17-7-10-21-41(35)57-44(37)29-34/h3-29H,1-2H3. The van der Waals surface area contributed by atoms with Crippen molar-refractivity contribution >= 4 is 55.2 Å². The van der Waals surface area contributed by atoms with Crippen molar-refractivity contribution < 1.29 is 8.83 Å². The minimum absolute atomic E-state index is 0.181. The number of fused-ring (bicyclic) bond motifs is 9. The van der Waals surface area contributed by atoms with E-state index in [0.29, 0.717) is 17.5 Å². The van der Waals surface area contributed by atoms with Crippen LogP contribution < -0.4 is 0 Å². The van der Waals surface area contributed by atoms with Gasteiger partial charge in [-0.3, -0.25) is 0 Å². The molecule has 0 saturated carbocycles. The molecule has 0 aliphatic heterocycles. The number of thiophene rings is 1. The predicted octanol–water partition coefficient (Wildman–Crippen LogP) is 14.4. The maximum absolute atomic E-state index is 6.32. The van der Waals surface area contributed by atoms with Gasteiger partial charge < -0.3 is 8.83 Å². The van der Waals surface area contributed by atoms with Crippen LogP contribution in [0.25, 0.3) is 110 Å². The van der Waals surface area contributed by atoms with E-state index in [1.807, 2.05) is 65.9 Å². The van der Waals surface area contributed by atoms with Gasteiger partial charge in [-0.15, -0.1) is 11.3 Å². The van der Waals surface area contributed by atoms with Crippen molar-refractivity contribution in [2.45, 2.75) is 19.3 Å². The summed E-state index contributed by atoms with van der Waals surface area (Å²) < 4.78 is 12.5. The molecule has 0 radical (unpaired) electrons. The summed E-state index contributed by atoms with van der Waals surface area (Å²) in [6, 6.07) is 57.0. The van der Waals surface area contributed by atoms with Gasteiger partial charge in [0.05, 0.1) is 0 Å². The summed E-state index contributed by atoms with van der Waals surface area (Å²) in [6.07, 6.45) is 0. The molecular weight excluding hydrogens is 731 g/mol. The Morgan fingerprint density at radius 3 is 1.74 bits per heavy atom. The van der Waals surface area contributed by atoms with Crippen LogP contribution in [0.3, 0.4) is 0 Å². The largest absolute Gasteiger partial charge is 0.456 e. The second kappa shape index (κ2) is 12.4. The monoisotopic (exact) mass is 763 g/mol. The van der Waals surface area contributed by atoms with Crippen LogP contribution in [0.4, 0.5) is 0 Å². The Bertz CT molecular complexity index is 3440. The fourth-order valence-corrected chi connectivity index (χ4v) is 10.4. The third-order valence-electron chi connectivity index (χ3n) is 11.7. The summed E-state index contributed by atoms with van der Waals surface area (Å²) in [5.74, 6) is 1.76. The summed E-state index contributed by atoms with van der Waals surface area (Å²) in [5, 5.41) is 4.22. The summed E-state index contributed by atoms with van der Waals surface area (Å²) in [7, 11) is 0. The topological polar surface area (TPSA) is 65.0 Å². The van der Waals surface area contributed by atoms with E-state index >= 15 is 0 Å². The van der Waals surface area contributed by atoms with Gasteiger partial charge in [-0.05, 0) is 76.3 Å². The van der Waals surface area contributed by atoms with E-state index < -0.39 is 0 Å². The Morgan fingerprint density at radius 2 is 0.966 bits per heavy atom. The van der Waals surface area contributed by atoms with Crippen LogP contribution in [0, 0.1) is 0 Å². The third kappa shape index (κ3) is 4.98. The van der Waals surface area contributed by atoms with Crippen LogP contribution in [0.15, 0.2) is 173 Å². The molecule has 4 heterocycles. The normalized spacial score (nSPS) is 13.1. The molecule has 274 valence electrons. The molecule has 0 bridgehead atoms. The van der Waals surface area contributed by atoms with E-state index in [4.69, 9.17) is 23.8 Å². The van der Waals surface area contributed by atoms with E-state index in [0.717, 1.165) is 66.1 Å². The van der Waals surface area contributed by atoms with Gasteiger partial charge in [0.15, 0.2) is 17.5 Å². The molecule has 0 atom stereocenters. The van der Waals surface area contributed by atoms with Crippen LogP contribution >= 0.6 is 11.3 Å². The first kappa shape index (κ1) is 33.0.